The van der Waals surface area contributed by atoms with E-state index in [0.717, 1.165) is 36.1 Å². The molecule has 2 aromatic carbocycles. The number of nitrogens with one attached hydrogen (secondary N) is 2. The highest BCUT2D eigenvalue weighted by Crippen LogP contribution is 2.28. The number of hydrogen-bond acceptors (Lipinski definition) is 3. The third-order valence-corrected chi connectivity index (χ3v) is 5.20. The molecule has 0 unspecified atom stereocenters. The van der Waals surface area contributed by atoms with Crippen LogP contribution < -0.4 is 15.5 Å². The number of nitrogens with zero attached hydrogens (tertiary/aromatic N) is 1. The molecule has 148 valence electrons. The minimum absolute atomic E-state index is 0.103. The summed E-state index contributed by atoms with van der Waals surface area (Å²) >= 11 is 3.38. The van der Waals surface area contributed by atoms with Gasteiger partial charge in [0.05, 0.1) is 5.56 Å². The highest BCUT2D eigenvalue weighted by molar-refractivity contribution is 9.10. The molecule has 3 rings (SSSR count). The summed E-state index contributed by atoms with van der Waals surface area (Å²) in [5.41, 5.74) is 2.71. The van der Waals surface area contributed by atoms with E-state index in [1.165, 1.54) is 0 Å². The number of benzene rings is 2. The van der Waals surface area contributed by atoms with Crippen molar-refractivity contribution in [2.24, 2.45) is 5.92 Å². The number of carbonyl (C=O) groups is 2. The molecule has 28 heavy (non-hydrogen) atoms. The Morgan fingerprint density at radius 1 is 1.07 bits per heavy atom. The molecule has 0 spiro atoms. The Hall–Kier alpha value is -2.34. The van der Waals surface area contributed by atoms with E-state index < -0.39 is 0 Å². The van der Waals surface area contributed by atoms with E-state index in [1.807, 2.05) is 24.3 Å². The zero-order valence-electron chi connectivity index (χ0n) is 16.3. The smallest absolute Gasteiger partial charge is 0.255 e. The van der Waals surface area contributed by atoms with E-state index in [4.69, 9.17) is 0 Å². The lowest BCUT2D eigenvalue weighted by Crippen LogP contribution is -2.30. The van der Waals surface area contributed by atoms with Crippen LogP contribution in [0.25, 0.3) is 0 Å². The van der Waals surface area contributed by atoms with E-state index in [1.54, 1.807) is 18.2 Å². The van der Waals surface area contributed by atoms with Crippen molar-refractivity contribution in [2.45, 2.75) is 26.7 Å². The van der Waals surface area contributed by atoms with Gasteiger partial charge in [0.25, 0.3) is 11.8 Å². The summed E-state index contributed by atoms with van der Waals surface area (Å²) in [5.74, 6) is 0.0662. The first-order valence-corrected chi connectivity index (χ1v) is 10.5. The largest absolute Gasteiger partial charge is 0.371 e. The summed E-state index contributed by atoms with van der Waals surface area (Å²) in [6.45, 7) is 6.65. The molecule has 2 amide bonds. The maximum Gasteiger partial charge on any atom is 0.255 e. The average Bonchev–Trinajstić information content (AvgIpc) is 3.20. The topological polar surface area (TPSA) is 61.4 Å². The zero-order chi connectivity index (χ0) is 20.1. The lowest BCUT2D eigenvalue weighted by atomic mass is 10.1. The van der Waals surface area contributed by atoms with Crippen LogP contribution in [0.5, 0.6) is 0 Å². The summed E-state index contributed by atoms with van der Waals surface area (Å²) < 4.78 is 0.846. The van der Waals surface area contributed by atoms with Gasteiger partial charge in [0.2, 0.25) is 0 Å². The van der Waals surface area contributed by atoms with Gasteiger partial charge in [-0.05, 0) is 55.2 Å². The molecular formula is C22H26BrN3O2. The standard InChI is InChI=1S/C22H26BrN3O2/c1-15(2)14-24-22(28)19-13-18(8-9-20(19)26-10-3-4-11-26)25-21(27)16-6-5-7-17(23)12-16/h5-9,12-13,15H,3-4,10-11,14H2,1-2H3,(H,24,28)(H,25,27). The van der Waals surface area contributed by atoms with Crippen molar-refractivity contribution in [2.75, 3.05) is 29.9 Å². The van der Waals surface area contributed by atoms with Crippen molar-refractivity contribution >= 4 is 39.1 Å². The Labute approximate surface area is 174 Å². The van der Waals surface area contributed by atoms with Crippen molar-refractivity contribution in [3.05, 3.63) is 58.1 Å². The van der Waals surface area contributed by atoms with E-state index >= 15 is 0 Å². The molecule has 5 nitrogen and oxygen atoms in total. The molecule has 2 N–H and O–H groups in total. The second-order valence-electron chi connectivity index (χ2n) is 7.49. The van der Waals surface area contributed by atoms with Crippen molar-refractivity contribution in [3.8, 4) is 0 Å². The number of amides is 2. The highest BCUT2D eigenvalue weighted by Gasteiger charge is 2.20. The molecule has 1 aliphatic rings. The van der Waals surface area contributed by atoms with Gasteiger partial charge in [0.15, 0.2) is 0 Å². The number of carbonyl (C=O) groups excluding carboxylic acids is 2. The third kappa shape index (κ3) is 5.13. The molecule has 0 aromatic heterocycles. The maximum absolute atomic E-state index is 12.8. The molecule has 1 saturated heterocycles. The average molecular weight is 444 g/mol. The van der Waals surface area contributed by atoms with Crippen LogP contribution in [0.2, 0.25) is 0 Å². The van der Waals surface area contributed by atoms with Gasteiger partial charge in [-0.3, -0.25) is 9.59 Å². The predicted octanol–water partition coefficient (Wildman–Crippen LogP) is 4.69. The molecule has 0 radical (unpaired) electrons. The van der Waals surface area contributed by atoms with Crippen LogP contribution in [-0.4, -0.2) is 31.4 Å². The lowest BCUT2D eigenvalue weighted by Gasteiger charge is -2.22. The normalized spacial score (nSPS) is 13.6. The van der Waals surface area contributed by atoms with Gasteiger partial charge in [-0.15, -0.1) is 0 Å². The predicted molar refractivity (Wildman–Crippen MR) is 117 cm³/mol. The molecule has 1 fully saturated rings. The van der Waals surface area contributed by atoms with Gasteiger partial charge in [-0.1, -0.05) is 35.8 Å². The summed E-state index contributed by atoms with van der Waals surface area (Å²) in [6, 6.07) is 12.8. The Bertz CT molecular complexity index is 861. The first-order chi connectivity index (χ1) is 13.4. The Balaban J connectivity index is 1.84. The summed E-state index contributed by atoms with van der Waals surface area (Å²) in [5, 5.41) is 5.90. The number of halogens is 1. The highest BCUT2D eigenvalue weighted by atomic mass is 79.9. The molecule has 0 atom stereocenters. The number of hydrogen-bond donors (Lipinski definition) is 2. The molecule has 0 aliphatic carbocycles. The molecule has 2 aromatic rings. The molecule has 0 bridgehead atoms. The first kappa shape index (κ1) is 20.4. The second-order valence-corrected chi connectivity index (χ2v) is 8.41. The van der Waals surface area contributed by atoms with Gasteiger partial charge < -0.3 is 15.5 Å². The van der Waals surface area contributed by atoms with E-state index in [-0.39, 0.29) is 11.8 Å². The van der Waals surface area contributed by atoms with Crippen LogP contribution in [0.4, 0.5) is 11.4 Å². The monoisotopic (exact) mass is 443 g/mol. The number of anilines is 2. The number of rotatable bonds is 6. The van der Waals surface area contributed by atoms with E-state index in [2.05, 4.69) is 45.3 Å². The molecule has 1 aliphatic heterocycles. The summed E-state index contributed by atoms with van der Waals surface area (Å²) in [4.78, 5) is 27.6. The SMILES string of the molecule is CC(C)CNC(=O)c1cc(NC(=O)c2cccc(Br)c2)ccc1N1CCCC1. The fraction of sp³-hybridized carbons (Fsp3) is 0.364. The molecule has 6 heteroatoms. The van der Waals surface area contributed by atoms with Crippen LogP contribution in [0, 0.1) is 5.92 Å². The van der Waals surface area contributed by atoms with Crippen molar-refractivity contribution < 1.29 is 9.59 Å². The van der Waals surface area contributed by atoms with Gasteiger partial charge in [-0.25, -0.2) is 0 Å². The summed E-state index contributed by atoms with van der Waals surface area (Å²) in [6.07, 6.45) is 2.27. The lowest BCUT2D eigenvalue weighted by molar-refractivity contribution is 0.0948. The zero-order valence-corrected chi connectivity index (χ0v) is 17.9. The van der Waals surface area contributed by atoms with Crippen molar-refractivity contribution in [3.63, 3.8) is 0 Å². The molecule has 0 saturated carbocycles. The molecule has 1 heterocycles. The van der Waals surface area contributed by atoms with Gasteiger partial charge in [0, 0.05) is 41.0 Å². The molecular weight excluding hydrogens is 418 g/mol. The van der Waals surface area contributed by atoms with E-state index in [0.29, 0.717) is 29.3 Å². The first-order valence-electron chi connectivity index (χ1n) is 9.68. The fourth-order valence-electron chi connectivity index (χ4n) is 3.25. The van der Waals surface area contributed by atoms with E-state index in [9.17, 15) is 9.59 Å². The second kappa shape index (κ2) is 9.24. The van der Waals surface area contributed by atoms with Crippen LogP contribution >= 0.6 is 15.9 Å². The Kier molecular flexibility index (Phi) is 6.73. The minimum atomic E-state index is -0.205. The quantitative estimate of drug-likeness (QED) is 0.680. The maximum atomic E-state index is 12.8. The van der Waals surface area contributed by atoms with Crippen LogP contribution in [0.15, 0.2) is 46.9 Å². The Morgan fingerprint density at radius 3 is 2.50 bits per heavy atom. The van der Waals surface area contributed by atoms with Gasteiger partial charge >= 0.3 is 0 Å². The van der Waals surface area contributed by atoms with Crippen molar-refractivity contribution in [1.29, 1.82) is 0 Å². The van der Waals surface area contributed by atoms with Crippen LogP contribution in [-0.2, 0) is 0 Å². The fourth-order valence-corrected chi connectivity index (χ4v) is 3.65. The third-order valence-electron chi connectivity index (χ3n) is 4.70. The minimum Gasteiger partial charge on any atom is -0.371 e. The van der Waals surface area contributed by atoms with Crippen molar-refractivity contribution in [1.82, 2.24) is 5.32 Å². The van der Waals surface area contributed by atoms with Gasteiger partial charge in [0.1, 0.15) is 0 Å². The van der Waals surface area contributed by atoms with Crippen LogP contribution in [0.3, 0.4) is 0 Å². The summed E-state index contributed by atoms with van der Waals surface area (Å²) in [7, 11) is 0. The van der Waals surface area contributed by atoms with Gasteiger partial charge in [-0.2, -0.15) is 0 Å². The Morgan fingerprint density at radius 2 is 1.82 bits per heavy atom. The van der Waals surface area contributed by atoms with Crippen LogP contribution in [0.1, 0.15) is 47.4 Å².